The zero-order chi connectivity index (χ0) is 14.5. The van der Waals surface area contributed by atoms with E-state index in [1.54, 1.807) is 24.1 Å². The van der Waals surface area contributed by atoms with E-state index in [4.69, 9.17) is 4.74 Å². The van der Waals surface area contributed by atoms with Crippen molar-refractivity contribution >= 4 is 5.91 Å². The third kappa shape index (κ3) is 3.70. The van der Waals surface area contributed by atoms with Crippen LogP contribution in [0.25, 0.3) is 0 Å². The van der Waals surface area contributed by atoms with Gasteiger partial charge in [0.2, 0.25) is 5.91 Å². The van der Waals surface area contributed by atoms with Crippen LogP contribution in [0.3, 0.4) is 0 Å². The van der Waals surface area contributed by atoms with Gasteiger partial charge in [-0.3, -0.25) is 4.79 Å². The van der Waals surface area contributed by atoms with Crippen molar-refractivity contribution in [2.24, 2.45) is 5.92 Å². The summed E-state index contributed by atoms with van der Waals surface area (Å²) in [6.07, 6.45) is 1.61. The standard InChI is InChI=1S/C15H21FN2O2/c1-18(15(19)8-11-5-6-17-9-11)10-12-3-4-14(20-2)13(16)7-12/h3-4,7,11,17H,5-6,8-10H2,1-2H3/t11-/m0/s1. The van der Waals surface area contributed by atoms with E-state index in [0.29, 0.717) is 18.9 Å². The second-order valence-electron chi connectivity index (χ2n) is 5.28. The van der Waals surface area contributed by atoms with Gasteiger partial charge in [0.05, 0.1) is 7.11 Å². The highest BCUT2D eigenvalue weighted by Crippen LogP contribution is 2.19. The van der Waals surface area contributed by atoms with Crippen molar-refractivity contribution in [2.75, 3.05) is 27.2 Å². The van der Waals surface area contributed by atoms with Gasteiger partial charge in [-0.1, -0.05) is 6.07 Å². The molecule has 1 aromatic rings. The first-order valence-corrected chi connectivity index (χ1v) is 6.87. The minimum atomic E-state index is -0.397. The third-order valence-electron chi connectivity index (χ3n) is 3.69. The zero-order valence-corrected chi connectivity index (χ0v) is 12.0. The fourth-order valence-electron chi connectivity index (χ4n) is 2.46. The summed E-state index contributed by atoms with van der Waals surface area (Å²) in [5, 5.41) is 3.25. The maximum Gasteiger partial charge on any atom is 0.222 e. The Morgan fingerprint density at radius 2 is 2.35 bits per heavy atom. The lowest BCUT2D eigenvalue weighted by Crippen LogP contribution is -2.28. The number of carbonyl (C=O) groups is 1. The molecule has 1 saturated heterocycles. The van der Waals surface area contributed by atoms with Crippen molar-refractivity contribution in [3.05, 3.63) is 29.6 Å². The Morgan fingerprint density at radius 3 is 2.95 bits per heavy atom. The van der Waals surface area contributed by atoms with Gasteiger partial charge in [-0.05, 0) is 43.1 Å². The Labute approximate surface area is 118 Å². The molecule has 0 aliphatic carbocycles. The van der Waals surface area contributed by atoms with Crippen LogP contribution in [0.1, 0.15) is 18.4 Å². The lowest BCUT2D eigenvalue weighted by Gasteiger charge is -2.19. The number of amides is 1. The van der Waals surface area contributed by atoms with Crippen LogP contribution in [0.5, 0.6) is 5.75 Å². The molecule has 1 aromatic carbocycles. The van der Waals surface area contributed by atoms with E-state index in [-0.39, 0.29) is 11.7 Å². The van der Waals surface area contributed by atoms with Gasteiger partial charge in [-0.2, -0.15) is 0 Å². The van der Waals surface area contributed by atoms with E-state index < -0.39 is 5.82 Å². The molecule has 20 heavy (non-hydrogen) atoms. The Kier molecular flexibility index (Phi) is 4.95. The first-order chi connectivity index (χ1) is 9.60. The molecule has 5 heteroatoms. The summed E-state index contributed by atoms with van der Waals surface area (Å²) in [4.78, 5) is 13.7. The molecule has 1 aliphatic rings. The number of carbonyl (C=O) groups excluding carboxylic acids is 1. The summed E-state index contributed by atoms with van der Waals surface area (Å²) in [6, 6.07) is 4.78. The molecule has 1 N–H and O–H groups in total. The van der Waals surface area contributed by atoms with Crippen molar-refractivity contribution in [2.45, 2.75) is 19.4 Å². The molecular weight excluding hydrogens is 259 g/mol. The number of nitrogens with one attached hydrogen (secondary N) is 1. The Bertz CT molecular complexity index is 473. The Balaban J connectivity index is 1.91. The maximum atomic E-state index is 13.6. The van der Waals surface area contributed by atoms with Crippen molar-refractivity contribution in [1.82, 2.24) is 10.2 Å². The van der Waals surface area contributed by atoms with Gasteiger partial charge in [0.15, 0.2) is 11.6 Å². The minimum Gasteiger partial charge on any atom is -0.494 e. The number of hydrogen-bond donors (Lipinski definition) is 1. The fourth-order valence-corrected chi connectivity index (χ4v) is 2.46. The molecule has 1 aliphatic heterocycles. The van der Waals surface area contributed by atoms with E-state index in [9.17, 15) is 9.18 Å². The van der Waals surface area contributed by atoms with Crippen LogP contribution < -0.4 is 10.1 Å². The second kappa shape index (κ2) is 6.70. The SMILES string of the molecule is COc1ccc(CN(C)C(=O)C[C@@H]2CCNC2)cc1F. The molecule has 0 spiro atoms. The van der Waals surface area contributed by atoms with E-state index in [1.165, 1.54) is 13.2 Å². The van der Waals surface area contributed by atoms with E-state index >= 15 is 0 Å². The highest BCUT2D eigenvalue weighted by atomic mass is 19.1. The normalized spacial score (nSPS) is 18.1. The van der Waals surface area contributed by atoms with Gasteiger partial charge in [-0.15, -0.1) is 0 Å². The number of ether oxygens (including phenoxy) is 1. The van der Waals surface area contributed by atoms with Gasteiger partial charge in [0.25, 0.3) is 0 Å². The lowest BCUT2D eigenvalue weighted by atomic mass is 10.0. The Hall–Kier alpha value is -1.62. The zero-order valence-electron chi connectivity index (χ0n) is 12.0. The summed E-state index contributed by atoms with van der Waals surface area (Å²) in [5.74, 6) is 0.359. The summed E-state index contributed by atoms with van der Waals surface area (Å²) < 4.78 is 18.5. The summed E-state index contributed by atoms with van der Waals surface area (Å²) >= 11 is 0. The summed E-state index contributed by atoms with van der Waals surface area (Å²) in [5.41, 5.74) is 0.767. The Morgan fingerprint density at radius 1 is 1.55 bits per heavy atom. The minimum absolute atomic E-state index is 0.106. The number of nitrogens with zero attached hydrogens (tertiary/aromatic N) is 1. The fraction of sp³-hybridized carbons (Fsp3) is 0.533. The first-order valence-electron chi connectivity index (χ1n) is 6.87. The number of benzene rings is 1. The average molecular weight is 280 g/mol. The monoisotopic (exact) mass is 280 g/mol. The highest BCUT2D eigenvalue weighted by molar-refractivity contribution is 5.76. The molecule has 1 heterocycles. The molecule has 0 radical (unpaired) electrons. The topological polar surface area (TPSA) is 41.6 Å². The van der Waals surface area contributed by atoms with Gasteiger partial charge >= 0.3 is 0 Å². The molecule has 0 saturated carbocycles. The largest absolute Gasteiger partial charge is 0.494 e. The quantitative estimate of drug-likeness (QED) is 0.894. The molecular formula is C15H21FN2O2. The predicted octanol–water partition coefficient (Wildman–Crippen LogP) is 1.79. The van der Waals surface area contributed by atoms with Gasteiger partial charge in [0.1, 0.15) is 0 Å². The van der Waals surface area contributed by atoms with Crippen molar-refractivity contribution in [3.63, 3.8) is 0 Å². The molecule has 0 bridgehead atoms. The van der Waals surface area contributed by atoms with Gasteiger partial charge in [-0.25, -0.2) is 4.39 Å². The van der Waals surface area contributed by atoms with Gasteiger partial charge < -0.3 is 15.0 Å². The van der Waals surface area contributed by atoms with E-state index in [1.807, 2.05) is 0 Å². The lowest BCUT2D eigenvalue weighted by molar-refractivity contribution is -0.131. The van der Waals surface area contributed by atoms with Crippen LogP contribution in [0.4, 0.5) is 4.39 Å². The molecule has 0 aromatic heterocycles. The average Bonchev–Trinajstić information content (AvgIpc) is 2.91. The molecule has 1 amide bonds. The van der Waals surface area contributed by atoms with Crippen LogP contribution in [0.15, 0.2) is 18.2 Å². The summed E-state index contributed by atoms with van der Waals surface area (Å²) in [6.45, 7) is 2.32. The van der Waals surface area contributed by atoms with E-state index in [2.05, 4.69) is 5.32 Å². The smallest absolute Gasteiger partial charge is 0.222 e. The molecule has 4 nitrogen and oxygen atoms in total. The number of halogens is 1. The van der Waals surface area contributed by atoms with Crippen molar-refractivity contribution < 1.29 is 13.9 Å². The van der Waals surface area contributed by atoms with Crippen LogP contribution in [0.2, 0.25) is 0 Å². The van der Waals surface area contributed by atoms with Crippen molar-refractivity contribution in [1.29, 1.82) is 0 Å². The molecule has 1 fully saturated rings. The second-order valence-corrected chi connectivity index (χ2v) is 5.28. The first kappa shape index (κ1) is 14.8. The summed E-state index contributed by atoms with van der Waals surface area (Å²) in [7, 11) is 3.19. The molecule has 110 valence electrons. The molecule has 1 atom stereocenters. The van der Waals surface area contributed by atoms with Crippen LogP contribution >= 0.6 is 0 Å². The maximum absolute atomic E-state index is 13.6. The van der Waals surface area contributed by atoms with E-state index in [0.717, 1.165) is 25.1 Å². The number of methoxy groups -OCH3 is 1. The predicted molar refractivity (Wildman–Crippen MR) is 75.0 cm³/mol. The van der Waals surface area contributed by atoms with Crippen molar-refractivity contribution in [3.8, 4) is 5.75 Å². The third-order valence-corrected chi connectivity index (χ3v) is 3.69. The molecule has 0 unspecified atom stereocenters. The molecule has 2 rings (SSSR count). The van der Waals surface area contributed by atoms with Crippen LogP contribution in [0, 0.1) is 11.7 Å². The number of hydrogen-bond acceptors (Lipinski definition) is 3. The number of rotatable bonds is 5. The van der Waals surface area contributed by atoms with Crippen LogP contribution in [-0.4, -0.2) is 38.1 Å². The highest BCUT2D eigenvalue weighted by Gasteiger charge is 2.20. The van der Waals surface area contributed by atoms with Crippen LogP contribution in [-0.2, 0) is 11.3 Å². The van der Waals surface area contributed by atoms with Gasteiger partial charge in [0, 0.05) is 20.0 Å².